The van der Waals surface area contributed by atoms with E-state index in [4.69, 9.17) is 0 Å². The molecule has 1 N–H and O–H groups in total. The molecular weight excluding hydrogens is 360 g/mol. The number of hydrogen-bond acceptors (Lipinski definition) is 3. The average molecular weight is 391 g/mol. The normalized spacial score (nSPS) is 13.8. The van der Waals surface area contributed by atoms with Crippen LogP contribution in [0.4, 0.5) is 5.69 Å². The SMILES string of the molecule is CCN(CCCNC(=O)/C(C#N)=C/c1cc(C)n(C2CC2)c1C)c1ccccc1. The Hall–Kier alpha value is -3.00. The number of aryl methyl sites for hydroxylation is 1. The van der Waals surface area contributed by atoms with Gasteiger partial charge in [0.1, 0.15) is 11.6 Å². The van der Waals surface area contributed by atoms with Crippen LogP contribution in [0, 0.1) is 25.2 Å². The fourth-order valence-corrected chi connectivity index (χ4v) is 3.82. The predicted molar refractivity (Wildman–Crippen MR) is 118 cm³/mol. The van der Waals surface area contributed by atoms with E-state index in [1.807, 2.05) is 18.2 Å². The predicted octanol–water partition coefficient (Wildman–Crippen LogP) is 4.38. The number of anilines is 1. The van der Waals surface area contributed by atoms with Crippen LogP contribution in [-0.4, -0.2) is 30.1 Å². The van der Waals surface area contributed by atoms with E-state index in [-0.39, 0.29) is 11.5 Å². The molecule has 0 spiro atoms. The summed E-state index contributed by atoms with van der Waals surface area (Å²) in [4.78, 5) is 14.8. The van der Waals surface area contributed by atoms with Gasteiger partial charge in [-0.05, 0) is 69.9 Å². The van der Waals surface area contributed by atoms with E-state index in [2.05, 4.69) is 59.8 Å². The van der Waals surface area contributed by atoms with Gasteiger partial charge in [0.25, 0.3) is 5.91 Å². The van der Waals surface area contributed by atoms with Crippen LogP contribution < -0.4 is 10.2 Å². The third-order valence-electron chi connectivity index (χ3n) is 5.49. The molecule has 29 heavy (non-hydrogen) atoms. The molecule has 1 aromatic carbocycles. The minimum absolute atomic E-state index is 0.163. The van der Waals surface area contributed by atoms with Crippen molar-refractivity contribution < 1.29 is 4.79 Å². The zero-order valence-corrected chi connectivity index (χ0v) is 17.6. The number of hydrogen-bond donors (Lipinski definition) is 1. The van der Waals surface area contributed by atoms with E-state index in [0.29, 0.717) is 12.6 Å². The number of carbonyl (C=O) groups is 1. The summed E-state index contributed by atoms with van der Waals surface area (Å²) in [5.41, 5.74) is 4.63. The first-order chi connectivity index (χ1) is 14.0. The largest absolute Gasteiger partial charge is 0.372 e. The average Bonchev–Trinajstić information content (AvgIpc) is 3.52. The lowest BCUT2D eigenvalue weighted by Gasteiger charge is -2.23. The minimum Gasteiger partial charge on any atom is -0.372 e. The number of rotatable bonds is 9. The standard InChI is InChI=1S/C24H30N4O/c1-4-27(22-9-6-5-7-10-22)14-8-13-26-24(29)21(17-25)16-20-15-18(2)28(19(20)3)23-11-12-23/h5-7,9-10,15-16,23H,4,8,11-14H2,1-3H3,(H,26,29)/b21-16+. The van der Waals surface area contributed by atoms with Crippen molar-refractivity contribution in [1.29, 1.82) is 5.26 Å². The third kappa shape index (κ3) is 5.08. The van der Waals surface area contributed by atoms with Crippen LogP contribution in [0.5, 0.6) is 0 Å². The monoisotopic (exact) mass is 390 g/mol. The first-order valence-electron chi connectivity index (χ1n) is 10.4. The summed E-state index contributed by atoms with van der Waals surface area (Å²) in [5, 5.41) is 12.4. The van der Waals surface area contributed by atoms with Gasteiger partial charge < -0.3 is 14.8 Å². The van der Waals surface area contributed by atoms with E-state index in [1.54, 1.807) is 6.08 Å². The van der Waals surface area contributed by atoms with Crippen molar-refractivity contribution in [1.82, 2.24) is 9.88 Å². The van der Waals surface area contributed by atoms with Crippen molar-refractivity contribution >= 4 is 17.7 Å². The molecule has 0 saturated heterocycles. The second kappa shape index (κ2) is 9.47. The molecule has 1 amide bonds. The molecule has 1 aliphatic rings. The highest BCUT2D eigenvalue weighted by Crippen LogP contribution is 2.38. The fourth-order valence-electron chi connectivity index (χ4n) is 3.82. The maximum absolute atomic E-state index is 12.5. The molecule has 0 unspecified atom stereocenters. The Balaban J connectivity index is 1.56. The van der Waals surface area contributed by atoms with E-state index in [9.17, 15) is 10.1 Å². The van der Waals surface area contributed by atoms with Gasteiger partial charge >= 0.3 is 0 Å². The Kier molecular flexibility index (Phi) is 6.77. The second-order valence-corrected chi connectivity index (χ2v) is 7.62. The Morgan fingerprint density at radius 3 is 2.66 bits per heavy atom. The Morgan fingerprint density at radius 1 is 1.31 bits per heavy atom. The topological polar surface area (TPSA) is 61.1 Å². The molecule has 1 aromatic heterocycles. The first kappa shape index (κ1) is 20.7. The maximum Gasteiger partial charge on any atom is 0.261 e. The molecule has 0 atom stereocenters. The number of amides is 1. The van der Waals surface area contributed by atoms with Crippen molar-refractivity contribution in [3.63, 3.8) is 0 Å². The van der Waals surface area contributed by atoms with Crippen molar-refractivity contribution in [3.05, 3.63) is 58.9 Å². The zero-order chi connectivity index (χ0) is 20.8. The Morgan fingerprint density at radius 2 is 2.03 bits per heavy atom. The molecule has 0 radical (unpaired) electrons. The van der Waals surface area contributed by atoms with Gasteiger partial charge in [-0.1, -0.05) is 18.2 Å². The lowest BCUT2D eigenvalue weighted by atomic mass is 10.1. The highest BCUT2D eigenvalue weighted by Gasteiger charge is 2.26. The fraction of sp³-hybridized carbons (Fsp3) is 0.417. The minimum atomic E-state index is -0.300. The first-order valence-corrected chi connectivity index (χ1v) is 10.4. The molecule has 1 aliphatic carbocycles. The molecule has 152 valence electrons. The number of nitrogens with zero attached hydrogens (tertiary/aromatic N) is 3. The van der Waals surface area contributed by atoms with Crippen molar-refractivity contribution in [2.75, 3.05) is 24.5 Å². The summed E-state index contributed by atoms with van der Waals surface area (Å²) in [6, 6.07) is 15.0. The van der Waals surface area contributed by atoms with Crippen molar-refractivity contribution in [2.45, 2.75) is 46.1 Å². The maximum atomic E-state index is 12.5. The number of nitrogens with one attached hydrogen (secondary N) is 1. The molecule has 0 bridgehead atoms. The van der Waals surface area contributed by atoms with Crippen LogP contribution in [0.25, 0.3) is 6.08 Å². The summed E-state index contributed by atoms with van der Waals surface area (Å²) in [5.74, 6) is -0.300. The molecule has 0 aliphatic heterocycles. The number of benzene rings is 1. The number of para-hydroxylation sites is 1. The molecule has 1 saturated carbocycles. The van der Waals surface area contributed by atoms with E-state index in [0.717, 1.165) is 30.8 Å². The van der Waals surface area contributed by atoms with Crippen LogP contribution in [0.1, 0.15) is 49.2 Å². The van der Waals surface area contributed by atoms with Crippen molar-refractivity contribution in [2.24, 2.45) is 0 Å². The second-order valence-electron chi connectivity index (χ2n) is 7.62. The van der Waals surface area contributed by atoms with Gasteiger partial charge in [0.15, 0.2) is 0 Å². The van der Waals surface area contributed by atoms with Gasteiger partial charge in [0.2, 0.25) is 0 Å². The molecule has 1 fully saturated rings. The van der Waals surface area contributed by atoms with Crippen molar-refractivity contribution in [3.8, 4) is 6.07 Å². The smallest absolute Gasteiger partial charge is 0.261 e. The van der Waals surface area contributed by atoms with E-state index in [1.165, 1.54) is 24.2 Å². The van der Waals surface area contributed by atoms with Gasteiger partial charge in [0, 0.05) is 42.8 Å². The van der Waals surface area contributed by atoms with Gasteiger partial charge in [-0.15, -0.1) is 0 Å². The quantitative estimate of drug-likeness (QED) is 0.393. The zero-order valence-electron chi connectivity index (χ0n) is 17.6. The highest BCUT2D eigenvalue weighted by atomic mass is 16.1. The van der Waals surface area contributed by atoms with Crippen LogP contribution >= 0.6 is 0 Å². The third-order valence-corrected chi connectivity index (χ3v) is 5.49. The summed E-state index contributed by atoms with van der Waals surface area (Å²) in [6.07, 6.45) is 4.97. The highest BCUT2D eigenvalue weighted by molar-refractivity contribution is 6.01. The molecule has 2 aromatic rings. The Labute approximate surface area is 173 Å². The van der Waals surface area contributed by atoms with Gasteiger partial charge in [-0.3, -0.25) is 4.79 Å². The number of aromatic nitrogens is 1. The molecular formula is C24H30N4O. The summed E-state index contributed by atoms with van der Waals surface area (Å²) in [7, 11) is 0. The lowest BCUT2D eigenvalue weighted by molar-refractivity contribution is -0.117. The van der Waals surface area contributed by atoms with Crippen LogP contribution in [0.3, 0.4) is 0 Å². The number of carbonyl (C=O) groups excluding carboxylic acids is 1. The van der Waals surface area contributed by atoms with Gasteiger partial charge in [-0.2, -0.15) is 5.26 Å². The van der Waals surface area contributed by atoms with E-state index < -0.39 is 0 Å². The molecule has 5 heteroatoms. The Bertz CT molecular complexity index is 916. The van der Waals surface area contributed by atoms with Gasteiger partial charge in [-0.25, -0.2) is 0 Å². The lowest BCUT2D eigenvalue weighted by Crippen LogP contribution is -2.30. The summed E-state index contributed by atoms with van der Waals surface area (Å²) >= 11 is 0. The van der Waals surface area contributed by atoms with E-state index >= 15 is 0 Å². The molecule has 1 heterocycles. The van der Waals surface area contributed by atoms with Crippen LogP contribution in [-0.2, 0) is 4.79 Å². The van der Waals surface area contributed by atoms with Gasteiger partial charge in [0.05, 0.1) is 0 Å². The molecule has 3 rings (SSSR count). The summed E-state index contributed by atoms with van der Waals surface area (Å²) < 4.78 is 2.32. The van der Waals surface area contributed by atoms with Crippen LogP contribution in [0.15, 0.2) is 42.0 Å². The molecule has 5 nitrogen and oxygen atoms in total. The van der Waals surface area contributed by atoms with Crippen LogP contribution in [0.2, 0.25) is 0 Å². The summed E-state index contributed by atoms with van der Waals surface area (Å²) in [6.45, 7) is 8.59. The number of nitriles is 1.